The molecule has 112 valence electrons. The van der Waals surface area contributed by atoms with Crippen LogP contribution in [0.2, 0.25) is 0 Å². The van der Waals surface area contributed by atoms with E-state index < -0.39 is 0 Å². The monoisotopic (exact) mass is 284 g/mol. The van der Waals surface area contributed by atoms with Crippen LogP contribution in [0.5, 0.6) is 11.5 Å². The van der Waals surface area contributed by atoms with Crippen molar-refractivity contribution >= 4 is 0 Å². The predicted molar refractivity (Wildman–Crippen MR) is 86.8 cm³/mol. The minimum absolute atomic E-state index is 0.482. The molecule has 3 nitrogen and oxygen atoms in total. The van der Waals surface area contributed by atoms with Gasteiger partial charge in [0, 0.05) is 18.3 Å². The maximum absolute atomic E-state index is 6.16. The molecule has 3 heteroatoms. The van der Waals surface area contributed by atoms with Crippen molar-refractivity contribution in [2.75, 3.05) is 6.54 Å². The van der Waals surface area contributed by atoms with Crippen LogP contribution in [0.1, 0.15) is 44.2 Å². The van der Waals surface area contributed by atoms with Crippen LogP contribution in [0.25, 0.3) is 0 Å². The first kappa shape index (κ1) is 15.5. The highest BCUT2D eigenvalue weighted by Gasteiger charge is 2.12. The fourth-order valence-electron chi connectivity index (χ4n) is 2.23. The maximum Gasteiger partial charge on any atom is 0.150 e. The average Bonchev–Trinajstić information content (AvgIpc) is 2.54. The van der Waals surface area contributed by atoms with Crippen molar-refractivity contribution in [2.45, 2.75) is 39.7 Å². The quantitative estimate of drug-likeness (QED) is 0.813. The summed E-state index contributed by atoms with van der Waals surface area (Å²) in [4.78, 5) is 4.19. The van der Waals surface area contributed by atoms with Gasteiger partial charge in [-0.15, -0.1) is 0 Å². The summed E-state index contributed by atoms with van der Waals surface area (Å²) in [5, 5.41) is 3.33. The molecule has 1 aromatic heterocycles. The van der Waals surface area contributed by atoms with Gasteiger partial charge in [-0.1, -0.05) is 39.0 Å². The Morgan fingerprint density at radius 2 is 1.95 bits per heavy atom. The molecule has 1 aromatic carbocycles. The molecule has 2 aromatic rings. The van der Waals surface area contributed by atoms with Crippen LogP contribution >= 0.6 is 0 Å². The van der Waals surface area contributed by atoms with Gasteiger partial charge in [-0.3, -0.25) is 4.98 Å². The van der Waals surface area contributed by atoms with E-state index in [9.17, 15) is 0 Å². The van der Waals surface area contributed by atoms with E-state index in [2.05, 4.69) is 43.2 Å². The lowest BCUT2D eigenvalue weighted by molar-refractivity contribution is 0.459. The molecule has 0 aliphatic carbocycles. The highest BCUT2D eigenvalue weighted by molar-refractivity contribution is 5.41. The van der Waals surface area contributed by atoms with Crippen LogP contribution in [-0.4, -0.2) is 11.5 Å². The molecular formula is C18H24N2O. The van der Waals surface area contributed by atoms with E-state index in [0.29, 0.717) is 5.92 Å². The van der Waals surface area contributed by atoms with Gasteiger partial charge in [0.15, 0.2) is 0 Å². The van der Waals surface area contributed by atoms with Gasteiger partial charge in [0.25, 0.3) is 0 Å². The minimum atomic E-state index is 0.482. The second-order valence-electron chi connectivity index (χ2n) is 5.21. The number of aromatic nitrogens is 1. The summed E-state index contributed by atoms with van der Waals surface area (Å²) in [5.41, 5.74) is 2.38. The number of para-hydroxylation sites is 1. The summed E-state index contributed by atoms with van der Waals surface area (Å²) >= 11 is 0. The van der Waals surface area contributed by atoms with Crippen molar-refractivity contribution in [1.82, 2.24) is 10.3 Å². The Bertz CT molecular complexity index is 569. The van der Waals surface area contributed by atoms with Crippen molar-refractivity contribution in [3.63, 3.8) is 0 Å². The Morgan fingerprint density at radius 3 is 2.71 bits per heavy atom. The lowest BCUT2D eigenvalue weighted by Crippen LogP contribution is -2.12. The van der Waals surface area contributed by atoms with Gasteiger partial charge in [0.05, 0.1) is 6.20 Å². The standard InChI is InChI=1S/C18H24N2O/c1-4-14(3)16-8-6-7-9-17(16)21-18-13-20-11-10-15(18)12-19-5-2/h6-11,13-14,19H,4-5,12H2,1-3H3. The molecule has 0 saturated heterocycles. The molecule has 1 N–H and O–H groups in total. The first-order valence-electron chi connectivity index (χ1n) is 7.66. The molecule has 0 radical (unpaired) electrons. The predicted octanol–water partition coefficient (Wildman–Crippen LogP) is 4.50. The summed E-state index contributed by atoms with van der Waals surface area (Å²) in [7, 11) is 0. The SMILES string of the molecule is CCNCc1ccncc1Oc1ccccc1C(C)CC. The highest BCUT2D eigenvalue weighted by atomic mass is 16.5. The topological polar surface area (TPSA) is 34.2 Å². The van der Waals surface area contributed by atoms with Crippen molar-refractivity contribution in [2.24, 2.45) is 0 Å². The second-order valence-corrected chi connectivity index (χ2v) is 5.21. The summed E-state index contributed by atoms with van der Waals surface area (Å²) in [6, 6.07) is 10.3. The second kappa shape index (κ2) is 7.79. The van der Waals surface area contributed by atoms with Gasteiger partial charge in [0.2, 0.25) is 0 Å². The van der Waals surface area contributed by atoms with Crippen LogP contribution in [0.4, 0.5) is 0 Å². The minimum Gasteiger partial charge on any atom is -0.455 e. The zero-order valence-electron chi connectivity index (χ0n) is 13.1. The first-order valence-corrected chi connectivity index (χ1v) is 7.66. The molecular weight excluding hydrogens is 260 g/mol. The molecule has 0 aliphatic heterocycles. The third-order valence-electron chi connectivity index (χ3n) is 3.72. The molecule has 0 amide bonds. The third kappa shape index (κ3) is 4.05. The van der Waals surface area contributed by atoms with Crippen molar-refractivity contribution in [3.05, 3.63) is 53.9 Å². The molecule has 1 unspecified atom stereocenters. The lowest BCUT2D eigenvalue weighted by Gasteiger charge is -2.17. The molecule has 0 bridgehead atoms. The number of nitrogens with one attached hydrogen (secondary N) is 1. The molecule has 0 saturated carbocycles. The van der Waals surface area contributed by atoms with Gasteiger partial charge in [0.1, 0.15) is 11.5 Å². The van der Waals surface area contributed by atoms with Crippen LogP contribution in [0.15, 0.2) is 42.7 Å². The third-order valence-corrected chi connectivity index (χ3v) is 3.72. The van der Waals surface area contributed by atoms with Crippen LogP contribution in [-0.2, 0) is 6.54 Å². The molecule has 2 rings (SSSR count). The van der Waals surface area contributed by atoms with Crippen LogP contribution < -0.4 is 10.1 Å². The molecule has 0 aliphatic rings. The number of rotatable bonds is 7. The number of ether oxygens (including phenoxy) is 1. The van der Waals surface area contributed by atoms with E-state index in [-0.39, 0.29) is 0 Å². The molecule has 1 heterocycles. The molecule has 21 heavy (non-hydrogen) atoms. The zero-order chi connectivity index (χ0) is 15.1. The number of hydrogen-bond donors (Lipinski definition) is 1. The maximum atomic E-state index is 6.16. The first-order chi connectivity index (χ1) is 10.3. The zero-order valence-corrected chi connectivity index (χ0v) is 13.1. The van der Waals surface area contributed by atoms with E-state index in [1.165, 1.54) is 5.56 Å². The number of hydrogen-bond acceptors (Lipinski definition) is 3. The summed E-state index contributed by atoms with van der Waals surface area (Å²) in [6.45, 7) is 8.25. The fraction of sp³-hybridized carbons (Fsp3) is 0.389. The fourth-order valence-corrected chi connectivity index (χ4v) is 2.23. The van der Waals surface area contributed by atoms with Crippen LogP contribution in [0.3, 0.4) is 0 Å². The average molecular weight is 284 g/mol. The Morgan fingerprint density at radius 1 is 1.14 bits per heavy atom. The van der Waals surface area contributed by atoms with Crippen molar-refractivity contribution in [3.8, 4) is 11.5 Å². The lowest BCUT2D eigenvalue weighted by atomic mass is 9.98. The molecule has 0 fully saturated rings. The molecule has 1 atom stereocenters. The van der Waals surface area contributed by atoms with E-state index >= 15 is 0 Å². The molecule has 0 spiro atoms. The van der Waals surface area contributed by atoms with Gasteiger partial charge in [-0.2, -0.15) is 0 Å². The van der Waals surface area contributed by atoms with E-state index in [0.717, 1.165) is 36.6 Å². The van der Waals surface area contributed by atoms with Gasteiger partial charge >= 0.3 is 0 Å². The Labute approximate surface area is 127 Å². The summed E-state index contributed by atoms with van der Waals surface area (Å²) in [6.07, 6.45) is 4.69. The van der Waals surface area contributed by atoms with E-state index in [1.54, 1.807) is 12.4 Å². The van der Waals surface area contributed by atoms with Crippen molar-refractivity contribution < 1.29 is 4.74 Å². The number of pyridine rings is 1. The Hall–Kier alpha value is -1.87. The van der Waals surface area contributed by atoms with E-state index in [1.807, 2.05) is 18.2 Å². The smallest absolute Gasteiger partial charge is 0.150 e. The van der Waals surface area contributed by atoms with Crippen LogP contribution in [0, 0.1) is 0 Å². The van der Waals surface area contributed by atoms with Gasteiger partial charge < -0.3 is 10.1 Å². The van der Waals surface area contributed by atoms with Gasteiger partial charge in [-0.25, -0.2) is 0 Å². The highest BCUT2D eigenvalue weighted by Crippen LogP contribution is 2.32. The Kier molecular flexibility index (Phi) is 5.76. The van der Waals surface area contributed by atoms with Gasteiger partial charge in [-0.05, 0) is 36.6 Å². The largest absolute Gasteiger partial charge is 0.455 e. The van der Waals surface area contributed by atoms with Crippen molar-refractivity contribution in [1.29, 1.82) is 0 Å². The number of nitrogens with zero attached hydrogens (tertiary/aromatic N) is 1. The van der Waals surface area contributed by atoms with E-state index in [4.69, 9.17) is 4.74 Å². The summed E-state index contributed by atoms with van der Waals surface area (Å²) < 4.78 is 6.16. The normalized spacial score (nSPS) is 12.1. The Balaban J connectivity index is 2.26. The number of benzene rings is 1. The summed E-state index contributed by atoms with van der Waals surface area (Å²) in [5.74, 6) is 2.24.